The molecule has 7 heteroatoms. The van der Waals surface area contributed by atoms with Crippen LogP contribution in [0.1, 0.15) is 51.0 Å². The van der Waals surface area contributed by atoms with Crippen molar-refractivity contribution in [3.8, 4) is 0 Å². The molecule has 3 N–H and O–H groups in total. The Balaban J connectivity index is 1.83. The van der Waals surface area contributed by atoms with Crippen LogP contribution in [0.5, 0.6) is 0 Å². The van der Waals surface area contributed by atoms with Gasteiger partial charge in [-0.25, -0.2) is 18.1 Å². The summed E-state index contributed by atoms with van der Waals surface area (Å²) in [6.45, 7) is 4.31. The number of sulfonamides is 1. The molecular formula is C19H32N4O2S. The molecular weight excluding hydrogens is 348 g/mol. The second-order valence-electron chi connectivity index (χ2n) is 6.77. The summed E-state index contributed by atoms with van der Waals surface area (Å²) in [5, 5.41) is 6.65. The van der Waals surface area contributed by atoms with E-state index in [2.05, 4.69) is 20.3 Å². The normalized spacial score (nSPS) is 16.0. The predicted octanol–water partition coefficient (Wildman–Crippen LogP) is 2.62. The summed E-state index contributed by atoms with van der Waals surface area (Å²) < 4.78 is 25.8. The third-order valence-electron chi connectivity index (χ3n) is 4.82. The van der Waals surface area contributed by atoms with E-state index in [1.165, 1.54) is 45.6 Å². The van der Waals surface area contributed by atoms with Gasteiger partial charge in [0.15, 0.2) is 5.96 Å². The van der Waals surface area contributed by atoms with Crippen molar-refractivity contribution in [2.24, 2.45) is 10.9 Å². The van der Waals surface area contributed by atoms with Crippen molar-refractivity contribution in [1.82, 2.24) is 15.4 Å². The molecule has 6 nitrogen and oxygen atoms in total. The number of nitrogens with one attached hydrogen (secondary N) is 3. The number of hydrogen-bond donors (Lipinski definition) is 3. The molecule has 0 radical (unpaired) electrons. The molecule has 2 rings (SSSR count). The van der Waals surface area contributed by atoms with Crippen LogP contribution in [-0.4, -0.2) is 34.5 Å². The van der Waals surface area contributed by atoms with Gasteiger partial charge in [0.25, 0.3) is 0 Å². The second kappa shape index (κ2) is 10.5. The van der Waals surface area contributed by atoms with E-state index in [4.69, 9.17) is 0 Å². The van der Waals surface area contributed by atoms with Crippen molar-refractivity contribution in [2.45, 2.75) is 56.9 Å². The van der Waals surface area contributed by atoms with Gasteiger partial charge < -0.3 is 10.6 Å². The largest absolute Gasteiger partial charge is 0.357 e. The van der Waals surface area contributed by atoms with Crippen LogP contribution in [0.2, 0.25) is 0 Å². The predicted molar refractivity (Wildman–Crippen MR) is 107 cm³/mol. The van der Waals surface area contributed by atoms with Crippen molar-refractivity contribution < 1.29 is 8.42 Å². The van der Waals surface area contributed by atoms with E-state index in [0.717, 1.165) is 30.5 Å². The molecule has 0 unspecified atom stereocenters. The molecule has 0 bridgehead atoms. The molecule has 0 saturated heterocycles. The van der Waals surface area contributed by atoms with Crippen LogP contribution < -0.4 is 15.4 Å². The summed E-state index contributed by atoms with van der Waals surface area (Å²) in [7, 11) is -1.98. The molecule has 1 aromatic rings. The highest BCUT2D eigenvalue weighted by Crippen LogP contribution is 2.28. The molecule has 1 fully saturated rings. The lowest BCUT2D eigenvalue weighted by Gasteiger charge is -2.13. The van der Waals surface area contributed by atoms with Gasteiger partial charge in [0.2, 0.25) is 10.0 Å². The summed E-state index contributed by atoms with van der Waals surface area (Å²) in [5.74, 6) is 1.73. The van der Waals surface area contributed by atoms with Crippen molar-refractivity contribution in [3.63, 3.8) is 0 Å². The van der Waals surface area contributed by atoms with Crippen LogP contribution in [0.15, 0.2) is 34.2 Å². The fourth-order valence-electron chi connectivity index (χ4n) is 3.30. The summed E-state index contributed by atoms with van der Waals surface area (Å²) >= 11 is 0. The fourth-order valence-corrected chi connectivity index (χ4v) is 4.03. The standard InChI is InChI=1S/C19H32N4O2S/c1-3-21-19(22-14-6-9-16-7-4-5-8-16)23-15-17-10-12-18(13-11-17)26(24,25)20-2/h10-13,16,20H,3-9,14-15H2,1-2H3,(H2,21,22,23). The van der Waals surface area contributed by atoms with E-state index in [9.17, 15) is 8.42 Å². The Morgan fingerprint density at radius 1 is 1.15 bits per heavy atom. The van der Waals surface area contributed by atoms with Gasteiger partial charge in [-0.3, -0.25) is 0 Å². The minimum absolute atomic E-state index is 0.268. The molecule has 1 saturated carbocycles. The lowest BCUT2D eigenvalue weighted by molar-refractivity contribution is 0.481. The first kappa shape index (κ1) is 20.7. The zero-order valence-corrected chi connectivity index (χ0v) is 16.7. The molecule has 1 aromatic carbocycles. The van der Waals surface area contributed by atoms with Gasteiger partial charge in [0.1, 0.15) is 0 Å². The van der Waals surface area contributed by atoms with Crippen LogP contribution in [0, 0.1) is 5.92 Å². The Bertz CT molecular complexity index is 665. The molecule has 26 heavy (non-hydrogen) atoms. The zero-order chi connectivity index (χ0) is 18.8. The molecule has 0 aromatic heterocycles. The molecule has 0 atom stereocenters. The SMILES string of the molecule is CCNC(=NCc1ccc(S(=O)(=O)NC)cc1)NCCCC1CCCC1. The number of nitrogens with zero attached hydrogens (tertiary/aromatic N) is 1. The second-order valence-corrected chi connectivity index (χ2v) is 8.65. The Hall–Kier alpha value is -1.60. The van der Waals surface area contributed by atoms with Gasteiger partial charge in [-0.2, -0.15) is 0 Å². The monoisotopic (exact) mass is 380 g/mol. The van der Waals surface area contributed by atoms with E-state index < -0.39 is 10.0 Å². The number of benzene rings is 1. The lowest BCUT2D eigenvalue weighted by Crippen LogP contribution is -2.37. The summed E-state index contributed by atoms with van der Waals surface area (Å²) in [6.07, 6.45) is 8.06. The highest BCUT2D eigenvalue weighted by atomic mass is 32.2. The Morgan fingerprint density at radius 3 is 2.46 bits per heavy atom. The van der Waals surface area contributed by atoms with Gasteiger partial charge in [0.05, 0.1) is 11.4 Å². The molecule has 1 aliphatic carbocycles. The van der Waals surface area contributed by atoms with Crippen molar-refractivity contribution in [1.29, 1.82) is 0 Å². The van der Waals surface area contributed by atoms with E-state index in [0.29, 0.717) is 6.54 Å². The molecule has 0 heterocycles. The molecule has 0 amide bonds. The average Bonchev–Trinajstić information content (AvgIpc) is 3.17. The minimum atomic E-state index is -3.39. The Morgan fingerprint density at radius 2 is 1.85 bits per heavy atom. The first-order valence-electron chi connectivity index (χ1n) is 9.60. The molecule has 0 aliphatic heterocycles. The van der Waals surface area contributed by atoms with Crippen LogP contribution in [0.25, 0.3) is 0 Å². The maximum Gasteiger partial charge on any atom is 0.240 e. The van der Waals surface area contributed by atoms with Gasteiger partial charge in [-0.1, -0.05) is 37.8 Å². The maximum absolute atomic E-state index is 11.7. The van der Waals surface area contributed by atoms with Crippen LogP contribution in [0.3, 0.4) is 0 Å². The highest BCUT2D eigenvalue weighted by molar-refractivity contribution is 7.89. The quantitative estimate of drug-likeness (QED) is 0.349. The summed E-state index contributed by atoms with van der Waals surface area (Å²) in [5.41, 5.74) is 0.975. The highest BCUT2D eigenvalue weighted by Gasteiger charge is 2.14. The Labute approximate surface area is 157 Å². The number of hydrogen-bond acceptors (Lipinski definition) is 3. The number of aliphatic imine (C=N–C) groups is 1. The van der Waals surface area contributed by atoms with Crippen LogP contribution in [0.4, 0.5) is 0 Å². The third-order valence-corrected chi connectivity index (χ3v) is 6.25. The van der Waals surface area contributed by atoms with Crippen molar-refractivity contribution in [2.75, 3.05) is 20.1 Å². The minimum Gasteiger partial charge on any atom is -0.357 e. The summed E-state index contributed by atoms with van der Waals surface area (Å²) in [4.78, 5) is 4.86. The van der Waals surface area contributed by atoms with Gasteiger partial charge in [-0.05, 0) is 50.4 Å². The molecule has 146 valence electrons. The Kier molecular flexibility index (Phi) is 8.38. The van der Waals surface area contributed by atoms with Gasteiger partial charge >= 0.3 is 0 Å². The number of rotatable bonds is 9. The van der Waals surface area contributed by atoms with E-state index >= 15 is 0 Å². The third kappa shape index (κ3) is 6.61. The topological polar surface area (TPSA) is 82.6 Å². The van der Waals surface area contributed by atoms with Crippen LogP contribution in [-0.2, 0) is 16.6 Å². The fraction of sp³-hybridized carbons (Fsp3) is 0.632. The zero-order valence-electron chi connectivity index (χ0n) is 15.9. The first-order valence-corrected chi connectivity index (χ1v) is 11.1. The summed E-state index contributed by atoms with van der Waals surface area (Å²) in [6, 6.07) is 6.83. The van der Waals surface area contributed by atoms with E-state index in [-0.39, 0.29) is 4.90 Å². The number of guanidine groups is 1. The molecule has 0 spiro atoms. The smallest absolute Gasteiger partial charge is 0.240 e. The first-order chi connectivity index (χ1) is 12.5. The molecule has 1 aliphatic rings. The average molecular weight is 381 g/mol. The van der Waals surface area contributed by atoms with Crippen LogP contribution >= 0.6 is 0 Å². The van der Waals surface area contributed by atoms with Crippen molar-refractivity contribution >= 4 is 16.0 Å². The van der Waals surface area contributed by atoms with E-state index in [1.54, 1.807) is 24.3 Å². The lowest BCUT2D eigenvalue weighted by atomic mass is 10.0. The van der Waals surface area contributed by atoms with Gasteiger partial charge in [0, 0.05) is 13.1 Å². The van der Waals surface area contributed by atoms with Crippen molar-refractivity contribution in [3.05, 3.63) is 29.8 Å². The van der Waals surface area contributed by atoms with E-state index in [1.807, 2.05) is 6.92 Å². The van der Waals surface area contributed by atoms with Gasteiger partial charge in [-0.15, -0.1) is 0 Å². The maximum atomic E-state index is 11.7.